The summed E-state index contributed by atoms with van der Waals surface area (Å²) in [7, 11) is 1.37. The van der Waals surface area contributed by atoms with Gasteiger partial charge in [-0.1, -0.05) is 5.21 Å². The van der Waals surface area contributed by atoms with Crippen molar-refractivity contribution >= 4 is 0 Å². The predicted molar refractivity (Wildman–Crippen MR) is 52.6 cm³/mol. The van der Waals surface area contributed by atoms with Gasteiger partial charge in [0.1, 0.15) is 6.07 Å². The Morgan fingerprint density at radius 3 is 3.00 bits per heavy atom. The maximum absolute atomic E-state index is 13.2. The summed E-state index contributed by atoms with van der Waals surface area (Å²) in [5.41, 5.74) is 0.793. The van der Waals surface area contributed by atoms with Crippen LogP contribution in [0.4, 0.5) is 4.39 Å². The zero-order valence-corrected chi connectivity index (χ0v) is 8.38. The van der Waals surface area contributed by atoms with Crippen molar-refractivity contribution in [3.8, 4) is 17.5 Å². The third-order valence-corrected chi connectivity index (χ3v) is 2.04. The van der Waals surface area contributed by atoms with Crippen molar-refractivity contribution < 1.29 is 9.13 Å². The van der Waals surface area contributed by atoms with Crippen LogP contribution in [-0.2, 0) is 0 Å². The number of nitriles is 1. The van der Waals surface area contributed by atoms with Gasteiger partial charge in [-0.05, 0) is 12.1 Å². The molecular formula is C10H7FN4O. The maximum Gasteiger partial charge on any atom is 0.165 e. The van der Waals surface area contributed by atoms with Crippen molar-refractivity contribution in [2.45, 2.75) is 0 Å². The SMILES string of the molecule is COc1cc(-n2nncc2C#N)ccc1F. The van der Waals surface area contributed by atoms with Crippen LogP contribution in [0.2, 0.25) is 0 Å². The van der Waals surface area contributed by atoms with Gasteiger partial charge in [0.05, 0.1) is 19.0 Å². The molecule has 1 aromatic carbocycles. The first kappa shape index (κ1) is 10.1. The monoisotopic (exact) mass is 218 g/mol. The van der Waals surface area contributed by atoms with E-state index in [1.54, 1.807) is 0 Å². The molecule has 80 valence electrons. The highest BCUT2D eigenvalue weighted by molar-refractivity contribution is 5.41. The molecule has 0 aliphatic heterocycles. The highest BCUT2D eigenvalue weighted by atomic mass is 19.1. The number of ether oxygens (including phenoxy) is 1. The van der Waals surface area contributed by atoms with Gasteiger partial charge in [0.25, 0.3) is 0 Å². The van der Waals surface area contributed by atoms with E-state index in [-0.39, 0.29) is 11.4 Å². The number of nitrogens with zero attached hydrogens (tertiary/aromatic N) is 4. The smallest absolute Gasteiger partial charge is 0.165 e. The van der Waals surface area contributed by atoms with Gasteiger partial charge in [-0.3, -0.25) is 0 Å². The molecule has 0 radical (unpaired) electrons. The normalized spacial score (nSPS) is 9.81. The lowest BCUT2D eigenvalue weighted by Gasteiger charge is -2.05. The largest absolute Gasteiger partial charge is 0.494 e. The quantitative estimate of drug-likeness (QED) is 0.761. The Balaban J connectivity index is 2.53. The second-order valence-corrected chi connectivity index (χ2v) is 2.96. The molecule has 1 aromatic heterocycles. The highest BCUT2D eigenvalue weighted by Crippen LogP contribution is 2.20. The van der Waals surface area contributed by atoms with Gasteiger partial charge in [0.2, 0.25) is 0 Å². The summed E-state index contributed by atoms with van der Waals surface area (Å²) in [5.74, 6) is -0.373. The molecule has 0 bridgehead atoms. The van der Waals surface area contributed by atoms with Crippen LogP contribution in [0.1, 0.15) is 5.69 Å². The minimum absolute atomic E-state index is 0.0943. The molecule has 0 spiro atoms. The molecule has 0 N–H and O–H groups in total. The van der Waals surface area contributed by atoms with Gasteiger partial charge >= 0.3 is 0 Å². The molecular weight excluding hydrogens is 211 g/mol. The molecule has 6 heteroatoms. The molecule has 2 rings (SSSR count). The zero-order chi connectivity index (χ0) is 11.5. The van der Waals surface area contributed by atoms with Crippen LogP contribution in [0.5, 0.6) is 5.75 Å². The number of methoxy groups -OCH3 is 1. The molecule has 2 aromatic rings. The van der Waals surface area contributed by atoms with E-state index in [9.17, 15) is 4.39 Å². The van der Waals surface area contributed by atoms with E-state index in [0.29, 0.717) is 5.69 Å². The van der Waals surface area contributed by atoms with E-state index < -0.39 is 5.82 Å². The van der Waals surface area contributed by atoms with E-state index in [1.807, 2.05) is 6.07 Å². The second-order valence-electron chi connectivity index (χ2n) is 2.96. The summed E-state index contributed by atoms with van der Waals surface area (Å²) >= 11 is 0. The van der Waals surface area contributed by atoms with Crippen LogP contribution in [0.15, 0.2) is 24.4 Å². The number of benzene rings is 1. The maximum atomic E-state index is 13.2. The van der Waals surface area contributed by atoms with Crippen LogP contribution in [0, 0.1) is 17.1 Å². The fraction of sp³-hybridized carbons (Fsp3) is 0.100. The molecule has 0 saturated heterocycles. The van der Waals surface area contributed by atoms with E-state index in [0.717, 1.165) is 0 Å². The molecule has 16 heavy (non-hydrogen) atoms. The zero-order valence-electron chi connectivity index (χ0n) is 8.38. The molecule has 0 saturated carbocycles. The van der Waals surface area contributed by atoms with Gasteiger partial charge in [-0.2, -0.15) is 5.26 Å². The summed E-state index contributed by atoms with van der Waals surface area (Å²) in [5, 5.41) is 16.1. The minimum Gasteiger partial charge on any atom is -0.494 e. The number of hydrogen-bond acceptors (Lipinski definition) is 4. The van der Waals surface area contributed by atoms with Crippen LogP contribution < -0.4 is 4.74 Å². The van der Waals surface area contributed by atoms with Crippen molar-refractivity contribution in [2.24, 2.45) is 0 Å². The van der Waals surface area contributed by atoms with Crippen LogP contribution >= 0.6 is 0 Å². The molecule has 0 aliphatic carbocycles. The first-order valence-corrected chi connectivity index (χ1v) is 4.41. The molecule has 0 unspecified atom stereocenters. The Bertz CT molecular complexity index is 558. The third-order valence-electron chi connectivity index (χ3n) is 2.04. The van der Waals surface area contributed by atoms with Gasteiger partial charge < -0.3 is 4.74 Å². The van der Waals surface area contributed by atoms with Crippen molar-refractivity contribution in [3.63, 3.8) is 0 Å². The molecule has 1 heterocycles. The fourth-order valence-electron chi connectivity index (χ4n) is 1.28. The Kier molecular flexibility index (Phi) is 2.52. The number of aromatic nitrogens is 3. The van der Waals surface area contributed by atoms with Crippen molar-refractivity contribution in [3.05, 3.63) is 35.9 Å². The fourth-order valence-corrected chi connectivity index (χ4v) is 1.28. The first-order chi connectivity index (χ1) is 7.76. The first-order valence-electron chi connectivity index (χ1n) is 4.41. The van der Waals surface area contributed by atoms with Gasteiger partial charge in [-0.25, -0.2) is 9.07 Å². The third kappa shape index (κ3) is 1.59. The number of rotatable bonds is 2. The second kappa shape index (κ2) is 3.98. The molecule has 0 aliphatic rings. The van der Waals surface area contributed by atoms with Crippen molar-refractivity contribution in [2.75, 3.05) is 7.11 Å². The number of hydrogen-bond donors (Lipinski definition) is 0. The Hall–Kier alpha value is -2.42. The summed E-state index contributed by atoms with van der Waals surface area (Å²) in [4.78, 5) is 0. The molecule has 5 nitrogen and oxygen atoms in total. The molecule has 0 fully saturated rings. The van der Waals surface area contributed by atoms with Gasteiger partial charge in [0, 0.05) is 6.07 Å². The van der Waals surface area contributed by atoms with Gasteiger partial charge in [-0.15, -0.1) is 5.10 Å². The lowest BCUT2D eigenvalue weighted by atomic mass is 10.3. The lowest BCUT2D eigenvalue weighted by molar-refractivity contribution is 0.386. The average Bonchev–Trinajstić information content (AvgIpc) is 2.78. The van der Waals surface area contributed by atoms with Crippen LogP contribution in [0.25, 0.3) is 5.69 Å². The van der Waals surface area contributed by atoms with Crippen LogP contribution in [0.3, 0.4) is 0 Å². The summed E-state index contributed by atoms with van der Waals surface area (Å²) in [6.45, 7) is 0. The van der Waals surface area contributed by atoms with Crippen molar-refractivity contribution in [1.29, 1.82) is 5.26 Å². The topological polar surface area (TPSA) is 63.7 Å². The molecule has 0 amide bonds. The van der Waals surface area contributed by atoms with E-state index in [1.165, 1.54) is 36.2 Å². The minimum atomic E-state index is -0.468. The predicted octanol–water partition coefficient (Wildman–Crippen LogP) is 1.29. The van der Waals surface area contributed by atoms with Crippen molar-refractivity contribution in [1.82, 2.24) is 15.0 Å². The Labute approximate surface area is 90.7 Å². The van der Waals surface area contributed by atoms with E-state index >= 15 is 0 Å². The summed E-state index contributed by atoms with van der Waals surface area (Å²) in [6.07, 6.45) is 1.33. The van der Waals surface area contributed by atoms with E-state index in [2.05, 4.69) is 10.3 Å². The number of halogens is 1. The Morgan fingerprint density at radius 1 is 1.50 bits per heavy atom. The highest BCUT2D eigenvalue weighted by Gasteiger charge is 2.09. The average molecular weight is 218 g/mol. The molecule has 0 atom stereocenters. The lowest BCUT2D eigenvalue weighted by Crippen LogP contribution is -2.00. The Morgan fingerprint density at radius 2 is 2.31 bits per heavy atom. The van der Waals surface area contributed by atoms with Gasteiger partial charge in [0.15, 0.2) is 17.3 Å². The van der Waals surface area contributed by atoms with Crippen LogP contribution in [-0.4, -0.2) is 22.1 Å². The standard InChI is InChI=1S/C10H7FN4O/c1-16-10-4-7(2-3-9(10)11)15-8(5-12)6-13-14-15/h2-4,6H,1H3. The van der Waals surface area contributed by atoms with E-state index in [4.69, 9.17) is 10.00 Å². The summed E-state index contributed by atoms with van der Waals surface area (Å²) in [6, 6.07) is 6.12. The summed E-state index contributed by atoms with van der Waals surface area (Å²) < 4.78 is 19.3.